The average molecular weight is 416 g/mol. The fourth-order valence-corrected chi connectivity index (χ4v) is 4.04. The van der Waals surface area contributed by atoms with Crippen molar-refractivity contribution in [2.75, 3.05) is 29.9 Å². The number of hydrogen-bond donors (Lipinski definition) is 2. The highest BCUT2D eigenvalue weighted by molar-refractivity contribution is 5.78. The van der Waals surface area contributed by atoms with Crippen molar-refractivity contribution >= 4 is 22.8 Å². The van der Waals surface area contributed by atoms with E-state index < -0.39 is 0 Å². The van der Waals surface area contributed by atoms with Gasteiger partial charge in [-0.1, -0.05) is 6.07 Å². The zero-order valence-corrected chi connectivity index (χ0v) is 17.9. The van der Waals surface area contributed by atoms with Gasteiger partial charge in [0.2, 0.25) is 0 Å². The van der Waals surface area contributed by atoms with E-state index >= 15 is 0 Å². The Bertz CT molecular complexity index is 1250. The molecule has 1 aromatic carbocycles. The molecule has 4 heterocycles. The Kier molecular flexibility index (Phi) is 4.89. The Labute approximate surface area is 180 Å². The third-order valence-corrected chi connectivity index (χ3v) is 5.53. The lowest BCUT2D eigenvalue weighted by Gasteiger charge is -2.23. The number of pyridine rings is 1. The molecule has 0 radical (unpaired) electrons. The molecule has 8 heteroatoms. The second-order valence-corrected chi connectivity index (χ2v) is 7.71. The van der Waals surface area contributed by atoms with Gasteiger partial charge in [0, 0.05) is 36.0 Å². The van der Waals surface area contributed by atoms with E-state index in [-0.39, 0.29) is 0 Å². The summed E-state index contributed by atoms with van der Waals surface area (Å²) in [6.07, 6.45) is 3.49. The van der Waals surface area contributed by atoms with E-state index in [0.29, 0.717) is 13.2 Å². The fourth-order valence-electron chi connectivity index (χ4n) is 4.04. The van der Waals surface area contributed by atoms with E-state index in [1.807, 2.05) is 19.2 Å². The largest absolute Gasteiger partial charge is 0.491 e. The number of ether oxygens (including phenoxy) is 1. The highest BCUT2D eigenvalue weighted by atomic mass is 16.5. The molecule has 5 rings (SSSR count). The third-order valence-electron chi connectivity index (χ3n) is 5.53. The van der Waals surface area contributed by atoms with Crippen LogP contribution in [0, 0.1) is 13.8 Å². The van der Waals surface area contributed by atoms with Crippen molar-refractivity contribution < 1.29 is 4.74 Å². The average Bonchev–Trinajstić information content (AvgIpc) is 3.01. The number of aromatic amines is 1. The van der Waals surface area contributed by atoms with Gasteiger partial charge >= 0.3 is 0 Å². The summed E-state index contributed by atoms with van der Waals surface area (Å²) >= 11 is 0. The van der Waals surface area contributed by atoms with Crippen molar-refractivity contribution in [3.63, 3.8) is 0 Å². The second-order valence-electron chi connectivity index (χ2n) is 7.71. The van der Waals surface area contributed by atoms with E-state index in [2.05, 4.69) is 67.2 Å². The van der Waals surface area contributed by atoms with E-state index in [1.165, 1.54) is 0 Å². The first-order chi connectivity index (χ1) is 15.1. The second kappa shape index (κ2) is 7.86. The minimum Gasteiger partial charge on any atom is -0.491 e. The molecular formula is C23H25N7O. The molecule has 8 nitrogen and oxygen atoms in total. The van der Waals surface area contributed by atoms with Crippen molar-refractivity contribution in [1.29, 1.82) is 0 Å². The summed E-state index contributed by atoms with van der Waals surface area (Å²) in [4.78, 5) is 23.4. The molecule has 0 spiro atoms. The topological polar surface area (TPSA) is 91.8 Å². The lowest BCUT2D eigenvalue weighted by molar-refractivity contribution is 0.331. The normalized spacial score (nSPS) is 13.6. The van der Waals surface area contributed by atoms with Gasteiger partial charge < -0.3 is 19.9 Å². The molecule has 0 fully saturated rings. The molecule has 0 atom stereocenters. The van der Waals surface area contributed by atoms with Crippen LogP contribution in [0.4, 0.5) is 11.6 Å². The maximum Gasteiger partial charge on any atom is 0.177 e. The number of nitrogens with one attached hydrogen (secondary N) is 2. The Morgan fingerprint density at radius 3 is 2.90 bits per heavy atom. The molecule has 1 aliphatic heterocycles. The number of rotatable bonds is 4. The number of benzene rings is 1. The summed E-state index contributed by atoms with van der Waals surface area (Å²) in [6.45, 7) is 8.96. The molecule has 4 aromatic rings. The molecule has 0 amide bonds. The maximum absolute atomic E-state index is 6.05. The van der Waals surface area contributed by atoms with Crippen molar-refractivity contribution in [1.82, 2.24) is 24.9 Å². The Hall–Kier alpha value is -3.68. The number of imidazole rings is 1. The first-order valence-corrected chi connectivity index (χ1v) is 10.5. The van der Waals surface area contributed by atoms with Crippen molar-refractivity contribution in [3.05, 3.63) is 53.7 Å². The van der Waals surface area contributed by atoms with Crippen molar-refractivity contribution in [2.45, 2.75) is 27.3 Å². The quantitative estimate of drug-likeness (QED) is 0.523. The number of fused-ring (bicyclic) bond motifs is 2. The third kappa shape index (κ3) is 3.65. The highest BCUT2D eigenvalue weighted by Gasteiger charge is 2.20. The summed E-state index contributed by atoms with van der Waals surface area (Å²) < 4.78 is 6.05. The molecule has 0 bridgehead atoms. The highest BCUT2D eigenvalue weighted by Crippen LogP contribution is 2.32. The smallest absolute Gasteiger partial charge is 0.177 e. The minimum atomic E-state index is 0.604. The van der Waals surface area contributed by atoms with Gasteiger partial charge in [-0.05, 0) is 44.5 Å². The molecule has 0 saturated heterocycles. The molecule has 1 aliphatic rings. The molecule has 0 unspecified atom stereocenters. The zero-order valence-electron chi connectivity index (χ0n) is 17.9. The number of anilines is 2. The number of nitrogens with zero attached hydrogens (tertiary/aromatic N) is 5. The van der Waals surface area contributed by atoms with E-state index in [4.69, 9.17) is 4.74 Å². The molecular weight excluding hydrogens is 390 g/mol. The predicted octanol–water partition coefficient (Wildman–Crippen LogP) is 3.86. The minimum absolute atomic E-state index is 0.604. The Morgan fingerprint density at radius 1 is 1.13 bits per heavy atom. The summed E-state index contributed by atoms with van der Waals surface area (Å²) in [6, 6.07) is 8.41. The van der Waals surface area contributed by atoms with Gasteiger partial charge in [0.25, 0.3) is 0 Å². The number of H-pyrrole nitrogens is 1. The van der Waals surface area contributed by atoms with Crippen molar-refractivity contribution in [3.8, 4) is 16.9 Å². The van der Waals surface area contributed by atoms with Crippen LogP contribution in [-0.2, 0) is 6.54 Å². The van der Waals surface area contributed by atoms with Gasteiger partial charge in [-0.25, -0.2) is 19.9 Å². The molecule has 0 saturated carbocycles. The molecule has 2 N–H and O–H groups in total. The van der Waals surface area contributed by atoms with Crippen molar-refractivity contribution in [2.24, 2.45) is 0 Å². The Morgan fingerprint density at radius 2 is 2.03 bits per heavy atom. The number of hydrogen-bond acceptors (Lipinski definition) is 7. The van der Waals surface area contributed by atoms with Crippen LogP contribution in [-0.4, -0.2) is 44.6 Å². The Balaban J connectivity index is 1.49. The van der Waals surface area contributed by atoms with Gasteiger partial charge in [0.15, 0.2) is 5.65 Å². The van der Waals surface area contributed by atoms with E-state index in [1.54, 1.807) is 6.33 Å². The summed E-state index contributed by atoms with van der Waals surface area (Å²) in [5, 5.41) is 3.31. The molecule has 31 heavy (non-hydrogen) atoms. The molecule has 158 valence electrons. The SMILES string of the molecule is CCNc1ncnc(N2CCOc3ccc(-c4cnc5nc(C)[nH]c5c4)cc3C2)c1C. The lowest BCUT2D eigenvalue weighted by Crippen LogP contribution is -2.27. The van der Waals surface area contributed by atoms with E-state index in [0.717, 1.165) is 69.7 Å². The molecule has 0 aliphatic carbocycles. The van der Waals surface area contributed by atoms with Crippen LogP contribution >= 0.6 is 0 Å². The number of aromatic nitrogens is 5. The van der Waals surface area contributed by atoms with Gasteiger partial charge in [-0.3, -0.25) is 0 Å². The zero-order chi connectivity index (χ0) is 21.4. The standard InChI is InChI=1S/C23H25N7O/c1-4-24-21-14(2)23(27-13-26-21)30-7-8-31-20-6-5-16(9-18(20)12-30)17-10-19-22(25-11-17)29-15(3)28-19/h5-6,9-11,13H,4,7-8,12H2,1-3H3,(H,24,26,27)(H,25,28,29). The van der Waals surface area contributed by atoms with Gasteiger partial charge in [-0.15, -0.1) is 0 Å². The lowest BCUT2D eigenvalue weighted by atomic mass is 10.0. The van der Waals surface area contributed by atoms with Gasteiger partial charge in [0.1, 0.15) is 36.1 Å². The monoisotopic (exact) mass is 415 g/mol. The summed E-state index contributed by atoms with van der Waals surface area (Å²) in [5.41, 5.74) is 5.99. The van der Waals surface area contributed by atoms with Crippen LogP contribution in [0.3, 0.4) is 0 Å². The maximum atomic E-state index is 6.05. The fraction of sp³-hybridized carbons (Fsp3) is 0.304. The van der Waals surface area contributed by atoms with Crippen LogP contribution < -0.4 is 15.0 Å². The molecule has 3 aromatic heterocycles. The van der Waals surface area contributed by atoms with Crippen LogP contribution in [0.25, 0.3) is 22.3 Å². The number of aryl methyl sites for hydroxylation is 1. The van der Waals surface area contributed by atoms with Crippen LogP contribution in [0.1, 0.15) is 23.9 Å². The van der Waals surface area contributed by atoms with Gasteiger partial charge in [-0.2, -0.15) is 0 Å². The first kappa shape index (κ1) is 19.3. The van der Waals surface area contributed by atoms with Crippen LogP contribution in [0.2, 0.25) is 0 Å². The van der Waals surface area contributed by atoms with Crippen LogP contribution in [0.5, 0.6) is 5.75 Å². The predicted molar refractivity (Wildman–Crippen MR) is 122 cm³/mol. The summed E-state index contributed by atoms with van der Waals surface area (Å²) in [5.74, 6) is 3.59. The first-order valence-electron chi connectivity index (χ1n) is 10.5. The van der Waals surface area contributed by atoms with Crippen LogP contribution in [0.15, 0.2) is 36.8 Å². The van der Waals surface area contributed by atoms with E-state index in [9.17, 15) is 0 Å². The summed E-state index contributed by atoms with van der Waals surface area (Å²) in [7, 11) is 0. The van der Waals surface area contributed by atoms with Gasteiger partial charge in [0.05, 0.1) is 12.1 Å².